The Morgan fingerprint density at radius 2 is 1.38 bits per heavy atom. The van der Waals surface area contributed by atoms with Gasteiger partial charge in [-0.05, 0) is 39.0 Å². The van der Waals surface area contributed by atoms with E-state index in [0.29, 0.717) is 13.0 Å². The predicted molar refractivity (Wildman–Crippen MR) is 104 cm³/mol. The molecule has 0 fully saturated rings. The van der Waals surface area contributed by atoms with Crippen molar-refractivity contribution in [2.75, 3.05) is 6.54 Å². The molecule has 0 heterocycles. The van der Waals surface area contributed by atoms with Crippen LogP contribution in [0.15, 0.2) is 12.2 Å². The summed E-state index contributed by atoms with van der Waals surface area (Å²) >= 11 is 0. The zero-order valence-electron chi connectivity index (χ0n) is 16.2. The van der Waals surface area contributed by atoms with E-state index in [2.05, 4.69) is 19.1 Å². The summed E-state index contributed by atoms with van der Waals surface area (Å²) < 4.78 is 5.15. The minimum absolute atomic E-state index is 0.106. The Morgan fingerprint density at radius 1 is 0.875 bits per heavy atom. The van der Waals surface area contributed by atoms with Gasteiger partial charge in [-0.2, -0.15) is 0 Å². The van der Waals surface area contributed by atoms with Gasteiger partial charge in [0, 0.05) is 13.0 Å². The molecule has 0 aromatic rings. The summed E-state index contributed by atoms with van der Waals surface area (Å²) in [5.41, 5.74) is 5.42. The summed E-state index contributed by atoms with van der Waals surface area (Å²) in [5, 5.41) is 0. The number of ether oxygens (including phenoxy) is 1. The normalized spacial score (nSPS) is 12.6. The maximum absolute atomic E-state index is 11.5. The summed E-state index contributed by atoms with van der Waals surface area (Å²) in [6.45, 7) is 4.50. The standard InChI is InChI=1S/C21H41NO2/c1-3-4-5-6-7-8-9-10-11-12-13-14-15-16-17-18-21(23)24-20(2)19-22/h10-11,20H,3-9,12-19,22H2,1-2H3/b11-10-. The fourth-order valence-corrected chi connectivity index (χ4v) is 2.67. The first-order chi connectivity index (χ1) is 11.7. The average Bonchev–Trinajstić information content (AvgIpc) is 2.58. The second-order valence-corrected chi connectivity index (χ2v) is 6.87. The summed E-state index contributed by atoms with van der Waals surface area (Å²) in [5.74, 6) is -0.106. The van der Waals surface area contributed by atoms with Gasteiger partial charge in [0.25, 0.3) is 0 Å². The largest absolute Gasteiger partial charge is 0.461 e. The van der Waals surface area contributed by atoms with Crippen LogP contribution >= 0.6 is 0 Å². The molecule has 142 valence electrons. The third-order valence-electron chi connectivity index (χ3n) is 4.31. The number of carbonyl (C=O) groups is 1. The number of nitrogens with two attached hydrogens (primary N) is 1. The Labute approximate surface area is 150 Å². The van der Waals surface area contributed by atoms with Crippen LogP contribution in [0.1, 0.15) is 104 Å². The number of allylic oxidation sites excluding steroid dienone is 2. The lowest BCUT2D eigenvalue weighted by Crippen LogP contribution is -2.23. The molecular formula is C21H41NO2. The summed E-state index contributed by atoms with van der Waals surface area (Å²) in [6.07, 6.45) is 21.6. The lowest BCUT2D eigenvalue weighted by Gasteiger charge is -2.10. The van der Waals surface area contributed by atoms with E-state index in [-0.39, 0.29) is 12.1 Å². The van der Waals surface area contributed by atoms with Crippen molar-refractivity contribution in [1.82, 2.24) is 0 Å². The Hall–Kier alpha value is -0.830. The van der Waals surface area contributed by atoms with Gasteiger partial charge in [0.05, 0.1) is 0 Å². The van der Waals surface area contributed by atoms with Crippen LogP contribution in [0, 0.1) is 0 Å². The SMILES string of the molecule is CCCCCCCC/C=C\CCCCCCCC(=O)OC(C)CN. The van der Waals surface area contributed by atoms with Crippen molar-refractivity contribution in [3.05, 3.63) is 12.2 Å². The molecule has 2 N–H and O–H groups in total. The van der Waals surface area contributed by atoms with E-state index in [0.717, 1.165) is 12.8 Å². The van der Waals surface area contributed by atoms with Crippen LogP contribution in [0.3, 0.4) is 0 Å². The molecule has 1 unspecified atom stereocenters. The fraction of sp³-hybridized carbons (Fsp3) is 0.857. The third-order valence-corrected chi connectivity index (χ3v) is 4.31. The molecule has 0 bridgehead atoms. The topological polar surface area (TPSA) is 52.3 Å². The predicted octanol–water partition coefficient (Wildman–Crippen LogP) is 5.91. The van der Waals surface area contributed by atoms with Crippen molar-refractivity contribution in [2.24, 2.45) is 5.73 Å². The van der Waals surface area contributed by atoms with Crippen LogP contribution in [0.5, 0.6) is 0 Å². The molecule has 0 aliphatic rings. The second-order valence-electron chi connectivity index (χ2n) is 6.87. The zero-order valence-corrected chi connectivity index (χ0v) is 16.2. The highest BCUT2D eigenvalue weighted by Gasteiger charge is 2.06. The second kappa shape index (κ2) is 18.5. The maximum atomic E-state index is 11.5. The Bertz CT molecular complexity index is 302. The van der Waals surface area contributed by atoms with Crippen LogP contribution < -0.4 is 5.73 Å². The molecule has 3 nitrogen and oxygen atoms in total. The van der Waals surface area contributed by atoms with Gasteiger partial charge in [-0.15, -0.1) is 0 Å². The molecular weight excluding hydrogens is 298 g/mol. The first-order valence-corrected chi connectivity index (χ1v) is 10.2. The summed E-state index contributed by atoms with van der Waals surface area (Å²) in [7, 11) is 0. The molecule has 1 atom stereocenters. The van der Waals surface area contributed by atoms with Crippen molar-refractivity contribution < 1.29 is 9.53 Å². The molecule has 3 heteroatoms. The van der Waals surface area contributed by atoms with E-state index in [1.165, 1.54) is 70.6 Å². The van der Waals surface area contributed by atoms with E-state index in [4.69, 9.17) is 10.5 Å². The molecule has 0 aromatic heterocycles. The lowest BCUT2D eigenvalue weighted by molar-refractivity contribution is -0.147. The van der Waals surface area contributed by atoms with Crippen molar-refractivity contribution in [1.29, 1.82) is 0 Å². The highest BCUT2D eigenvalue weighted by molar-refractivity contribution is 5.69. The minimum atomic E-state index is -0.152. The molecule has 0 saturated carbocycles. The van der Waals surface area contributed by atoms with Gasteiger partial charge >= 0.3 is 5.97 Å². The van der Waals surface area contributed by atoms with Crippen LogP contribution in [-0.2, 0) is 9.53 Å². The molecule has 0 amide bonds. The number of carbonyl (C=O) groups excluding carboxylic acids is 1. The van der Waals surface area contributed by atoms with Crippen LogP contribution in [0.2, 0.25) is 0 Å². The monoisotopic (exact) mass is 339 g/mol. The fourth-order valence-electron chi connectivity index (χ4n) is 2.67. The van der Waals surface area contributed by atoms with Gasteiger partial charge in [0.2, 0.25) is 0 Å². The Morgan fingerprint density at radius 3 is 1.92 bits per heavy atom. The molecule has 0 radical (unpaired) electrons. The number of esters is 1. The number of hydrogen-bond acceptors (Lipinski definition) is 3. The van der Waals surface area contributed by atoms with Crippen LogP contribution in [0.25, 0.3) is 0 Å². The van der Waals surface area contributed by atoms with Crippen molar-refractivity contribution in [2.45, 2.75) is 110 Å². The van der Waals surface area contributed by atoms with E-state index >= 15 is 0 Å². The van der Waals surface area contributed by atoms with E-state index in [1.807, 2.05) is 6.92 Å². The molecule has 0 rings (SSSR count). The zero-order chi connectivity index (χ0) is 17.9. The highest BCUT2D eigenvalue weighted by atomic mass is 16.5. The summed E-state index contributed by atoms with van der Waals surface area (Å²) in [4.78, 5) is 11.5. The first kappa shape index (κ1) is 23.2. The van der Waals surface area contributed by atoms with E-state index in [9.17, 15) is 4.79 Å². The Kier molecular flexibility index (Phi) is 17.9. The number of unbranched alkanes of at least 4 members (excludes halogenated alkanes) is 11. The van der Waals surface area contributed by atoms with Crippen molar-refractivity contribution in [3.63, 3.8) is 0 Å². The van der Waals surface area contributed by atoms with Crippen LogP contribution in [-0.4, -0.2) is 18.6 Å². The van der Waals surface area contributed by atoms with E-state index in [1.54, 1.807) is 0 Å². The maximum Gasteiger partial charge on any atom is 0.306 e. The van der Waals surface area contributed by atoms with Gasteiger partial charge < -0.3 is 10.5 Å². The third kappa shape index (κ3) is 17.5. The van der Waals surface area contributed by atoms with Crippen LogP contribution in [0.4, 0.5) is 0 Å². The van der Waals surface area contributed by atoms with Gasteiger partial charge in [-0.3, -0.25) is 4.79 Å². The molecule has 24 heavy (non-hydrogen) atoms. The lowest BCUT2D eigenvalue weighted by atomic mass is 10.1. The van der Waals surface area contributed by atoms with Gasteiger partial charge in [0.1, 0.15) is 6.10 Å². The quantitative estimate of drug-likeness (QED) is 0.203. The smallest absolute Gasteiger partial charge is 0.306 e. The molecule has 0 aliphatic heterocycles. The molecule has 0 aromatic carbocycles. The average molecular weight is 340 g/mol. The minimum Gasteiger partial charge on any atom is -0.461 e. The van der Waals surface area contributed by atoms with Gasteiger partial charge in [-0.1, -0.05) is 70.4 Å². The molecule has 0 spiro atoms. The van der Waals surface area contributed by atoms with Gasteiger partial charge in [0.15, 0.2) is 0 Å². The van der Waals surface area contributed by atoms with E-state index < -0.39 is 0 Å². The van der Waals surface area contributed by atoms with Crippen molar-refractivity contribution >= 4 is 5.97 Å². The molecule has 0 saturated heterocycles. The molecule has 0 aliphatic carbocycles. The number of rotatable bonds is 17. The first-order valence-electron chi connectivity index (χ1n) is 10.2. The number of hydrogen-bond donors (Lipinski definition) is 1. The summed E-state index contributed by atoms with van der Waals surface area (Å²) in [6, 6.07) is 0. The van der Waals surface area contributed by atoms with Gasteiger partial charge in [-0.25, -0.2) is 0 Å². The van der Waals surface area contributed by atoms with Crippen molar-refractivity contribution in [3.8, 4) is 0 Å². The Balaban J connectivity index is 3.22. The highest BCUT2D eigenvalue weighted by Crippen LogP contribution is 2.10.